The molecule has 2 aliphatic heterocycles. The van der Waals surface area contributed by atoms with Crippen molar-refractivity contribution in [3.63, 3.8) is 0 Å². The van der Waals surface area contributed by atoms with E-state index in [9.17, 15) is 4.79 Å². The van der Waals surface area contributed by atoms with Gasteiger partial charge in [-0.05, 0) is 23.2 Å². The van der Waals surface area contributed by atoms with Crippen LogP contribution in [0.5, 0.6) is 0 Å². The summed E-state index contributed by atoms with van der Waals surface area (Å²) in [5.41, 5.74) is 5.57. The number of hydrogen-bond acceptors (Lipinski definition) is 3. The predicted molar refractivity (Wildman–Crippen MR) is 50.1 cm³/mol. The topological polar surface area (TPSA) is 55.5 Å². The van der Waals surface area contributed by atoms with Crippen molar-refractivity contribution in [3.8, 4) is 0 Å². The van der Waals surface area contributed by atoms with Gasteiger partial charge in [-0.2, -0.15) is 0 Å². The number of amides is 1. The molecule has 1 amide bonds. The fraction of sp³-hybridized carbons (Fsp3) is 0.500. The van der Waals surface area contributed by atoms with Crippen molar-refractivity contribution >= 4 is 23.4 Å². The molecule has 2 rings (SSSR count). The number of carbonyl (C=O) groups is 1. The number of primary amides is 1. The van der Waals surface area contributed by atoms with E-state index < -0.39 is 5.91 Å². The summed E-state index contributed by atoms with van der Waals surface area (Å²) in [6, 6.07) is 0. The number of aliphatic imine (C=N–C) groups is 1. The first-order valence-electron chi connectivity index (χ1n) is 3.96. The van der Waals surface area contributed by atoms with Crippen LogP contribution in [0.15, 0.2) is 16.0 Å². The first-order chi connectivity index (χ1) is 5.77. The van der Waals surface area contributed by atoms with E-state index in [4.69, 9.17) is 5.73 Å². The average Bonchev–Trinajstić information content (AvgIpc) is 2.49. The highest BCUT2D eigenvalue weighted by molar-refractivity contribution is 8.03. The molecule has 2 aliphatic rings. The minimum atomic E-state index is -0.409. The van der Waals surface area contributed by atoms with Gasteiger partial charge >= 0.3 is 0 Å². The number of thioether (sulfide) groups is 1. The van der Waals surface area contributed by atoms with Gasteiger partial charge in [0, 0.05) is 12.5 Å². The lowest BCUT2D eigenvalue weighted by Crippen LogP contribution is -2.25. The van der Waals surface area contributed by atoms with Crippen molar-refractivity contribution in [1.82, 2.24) is 0 Å². The maximum Gasteiger partial charge on any atom is 0.266 e. The monoisotopic (exact) mass is 182 g/mol. The van der Waals surface area contributed by atoms with Crippen LogP contribution in [0.25, 0.3) is 0 Å². The summed E-state index contributed by atoms with van der Waals surface area (Å²) >= 11 is 1.82. The molecule has 2 N–H and O–H groups in total. The molecule has 0 aromatic carbocycles. The molecule has 0 bridgehead atoms. The van der Waals surface area contributed by atoms with Crippen LogP contribution in [0, 0.1) is 5.92 Å². The number of nitrogens with zero attached hydrogens (tertiary/aromatic N) is 1. The molecular weight excluding hydrogens is 172 g/mol. The normalized spacial score (nSPS) is 27.5. The first-order valence-corrected chi connectivity index (χ1v) is 4.94. The molecule has 1 fully saturated rings. The molecule has 0 aliphatic carbocycles. The van der Waals surface area contributed by atoms with E-state index in [2.05, 4.69) is 4.99 Å². The zero-order chi connectivity index (χ0) is 8.55. The fourth-order valence-corrected chi connectivity index (χ4v) is 2.72. The van der Waals surface area contributed by atoms with Gasteiger partial charge in [-0.25, -0.2) is 0 Å². The first kappa shape index (κ1) is 7.86. The molecule has 0 aromatic heterocycles. The Labute approximate surface area is 75.1 Å². The third kappa shape index (κ3) is 1.27. The number of dihydropyridines is 1. The molecule has 0 aromatic rings. The molecule has 64 valence electrons. The lowest BCUT2D eigenvalue weighted by molar-refractivity contribution is -0.111. The molecule has 0 radical (unpaired) electrons. The highest BCUT2D eigenvalue weighted by Gasteiger charge is 2.25. The van der Waals surface area contributed by atoms with Crippen LogP contribution >= 0.6 is 11.8 Å². The smallest absolute Gasteiger partial charge is 0.266 e. The van der Waals surface area contributed by atoms with Crippen LogP contribution in [0.3, 0.4) is 0 Å². The van der Waals surface area contributed by atoms with E-state index in [1.54, 1.807) is 0 Å². The van der Waals surface area contributed by atoms with E-state index in [1.807, 2.05) is 17.8 Å². The van der Waals surface area contributed by atoms with Crippen molar-refractivity contribution in [2.75, 3.05) is 12.3 Å². The minimum Gasteiger partial charge on any atom is -0.364 e. The van der Waals surface area contributed by atoms with Gasteiger partial charge < -0.3 is 5.73 Å². The van der Waals surface area contributed by atoms with E-state index >= 15 is 0 Å². The number of nitrogens with two attached hydrogens (primary N) is 1. The molecule has 0 saturated carbocycles. The van der Waals surface area contributed by atoms with E-state index in [0.717, 1.165) is 12.3 Å². The van der Waals surface area contributed by atoms with Crippen molar-refractivity contribution < 1.29 is 4.79 Å². The van der Waals surface area contributed by atoms with E-state index in [0.29, 0.717) is 11.6 Å². The van der Waals surface area contributed by atoms with Gasteiger partial charge in [-0.15, -0.1) is 11.8 Å². The van der Waals surface area contributed by atoms with Crippen LogP contribution in [-0.4, -0.2) is 23.9 Å². The summed E-state index contributed by atoms with van der Waals surface area (Å²) in [7, 11) is 0. The standard InChI is InChI=1S/C8H10N2OS/c9-8(11)6-3-7-5(4-10-6)1-2-12-7/h3,5H,1-2,4H2,(H2,9,11). The molecule has 1 unspecified atom stereocenters. The van der Waals surface area contributed by atoms with Gasteiger partial charge in [0.25, 0.3) is 5.91 Å². The Bertz CT molecular complexity index is 283. The van der Waals surface area contributed by atoms with Crippen LogP contribution in [0.1, 0.15) is 6.42 Å². The maximum absolute atomic E-state index is 10.8. The summed E-state index contributed by atoms with van der Waals surface area (Å²) in [4.78, 5) is 16.2. The van der Waals surface area contributed by atoms with Crippen LogP contribution in [0.2, 0.25) is 0 Å². The van der Waals surface area contributed by atoms with Gasteiger partial charge in [-0.3, -0.25) is 9.79 Å². The Morgan fingerprint density at radius 3 is 3.33 bits per heavy atom. The van der Waals surface area contributed by atoms with Gasteiger partial charge in [0.1, 0.15) is 5.71 Å². The van der Waals surface area contributed by atoms with Crippen molar-refractivity contribution in [2.45, 2.75) is 6.42 Å². The second-order valence-corrected chi connectivity index (χ2v) is 4.14. The Morgan fingerprint density at radius 2 is 2.58 bits per heavy atom. The molecule has 4 heteroatoms. The minimum absolute atomic E-state index is 0.409. The second-order valence-electron chi connectivity index (χ2n) is 2.97. The number of hydrogen-bond donors (Lipinski definition) is 1. The second kappa shape index (κ2) is 2.94. The number of rotatable bonds is 1. The third-order valence-corrected chi connectivity index (χ3v) is 3.38. The quantitative estimate of drug-likeness (QED) is 0.644. The highest BCUT2D eigenvalue weighted by atomic mass is 32.2. The zero-order valence-corrected chi connectivity index (χ0v) is 7.43. The SMILES string of the molecule is NC(=O)C1=NCC2CCSC2=C1. The lowest BCUT2D eigenvalue weighted by atomic mass is 10.0. The number of fused-ring (bicyclic) bond motifs is 1. The van der Waals surface area contributed by atoms with E-state index in [1.165, 1.54) is 11.3 Å². The van der Waals surface area contributed by atoms with Crippen LogP contribution in [0.4, 0.5) is 0 Å². The Morgan fingerprint density at radius 1 is 1.75 bits per heavy atom. The summed E-state index contributed by atoms with van der Waals surface area (Å²) in [5.74, 6) is 1.31. The van der Waals surface area contributed by atoms with Crippen molar-refractivity contribution in [2.24, 2.45) is 16.6 Å². The van der Waals surface area contributed by atoms with Gasteiger partial charge in [-0.1, -0.05) is 0 Å². The lowest BCUT2D eigenvalue weighted by Gasteiger charge is -2.13. The van der Waals surface area contributed by atoms with Crippen molar-refractivity contribution in [1.29, 1.82) is 0 Å². The summed E-state index contributed by atoms with van der Waals surface area (Å²) in [6.45, 7) is 0.747. The molecule has 3 nitrogen and oxygen atoms in total. The van der Waals surface area contributed by atoms with Crippen LogP contribution < -0.4 is 5.73 Å². The predicted octanol–water partition coefficient (Wildman–Crippen LogP) is 0.563. The largest absolute Gasteiger partial charge is 0.364 e. The van der Waals surface area contributed by atoms with E-state index in [-0.39, 0.29) is 0 Å². The Kier molecular flexibility index (Phi) is 1.92. The maximum atomic E-state index is 10.8. The van der Waals surface area contributed by atoms with Gasteiger partial charge in [0.2, 0.25) is 0 Å². The van der Waals surface area contributed by atoms with Crippen LogP contribution in [-0.2, 0) is 4.79 Å². The molecule has 12 heavy (non-hydrogen) atoms. The molecule has 0 spiro atoms. The molecule has 1 saturated heterocycles. The summed E-state index contributed by atoms with van der Waals surface area (Å²) in [5, 5.41) is 0. The number of carbonyl (C=O) groups excluding carboxylic acids is 1. The van der Waals surface area contributed by atoms with Gasteiger partial charge in [0.05, 0.1) is 0 Å². The fourth-order valence-electron chi connectivity index (χ4n) is 1.46. The molecule has 2 heterocycles. The summed E-state index contributed by atoms with van der Waals surface area (Å²) < 4.78 is 0. The Balaban J connectivity index is 2.22. The average molecular weight is 182 g/mol. The highest BCUT2D eigenvalue weighted by Crippen LogP contribution is 2.37. The Hall–Kier alpha value is -0.770. The molecule has 1 atom stereocenters. The van der Waals surface area contributed by atoms with Crippen molar-refractivity contribution in [3.05, 3.63) is 11.0 Å². The zero-order valence-electron chi connectivity index (χ0n) is 6.62. The molecular formula is C8H10N2OS. The third-order valence-electron chi connectivity index (χ3n) is 2.15. The van der Waals surface area contributed by atoms with Gasteiger partial charge in [0.15, 0.2) is 0 Å². The summed E-state index contributed by atoms with van der Waals surface area (Å²) in [6.07, 6.45) is 3.03.